The summed E-state index contributed by atoms with van der Waals surface area (Å²) < 4.78 is 0. The lowest BCUT2D eigenvalue weighted by Crippen LogP contribution is -2.53. The molecule has 0 aliphatic rings. The Morgan fingerprint density at radius 3 is 2.40 bits per heavy atom. The van der Waals surface area contributed by atoms with Crippen LogP contribution in [-0.4, -0.2) is 42.7 Å². The molecule has 0 aromatic heterocycles. The SMILES string of the molecule is C.C=CCS/C=C(/C)C/C=C\C.CC.CCC(N)C(=O)N[C@H](Cc1cccc2ccccc12)C(=O)NCNC=O. The van der Waals surface area contributed by atoms with Crippen LogP contribution in [0, 0.1) is 0 Å². The first-order chi connectivity index (χ1) is 18.9. The Morgan fingerprint density at radius 1 is 1.10 bits per heavy atom. The number of hydrogen-bond acceptors (Lipinski definition) is 5. The second-order valence-electron chi connectivity index (χ2n) is 8.32. The number of rotatable bonds is 14. The van der Waals surface area contributed by atoms with Crippen LogP contribution < -0.4 is 21.7 Å². The van der Waals surface area contributed by atoms with E-state index in [-0.39, 0.29) is 25.9 Å². The van der Waals surface area contributed by atoms with Gasteiger partial charge in [-0.1, -0.05) is 94.5 Å². The molecule has 222 valence electrons. The van der Waals surface area contributed by atoms with E-state index in [1.807, 2.05) is 69.3 Å². The molecule has 0 fully saturated rings. The molecule has 0 radical (unpaired) electrons. The molecular weight excluding hydrogens is 520 g/mol. The van der Waals surface area contributed by atoms with Gasteiger partial charge in [0.1, 0.15) is 6.04 Å². The van der Waals surface area contributed by atoms with Crippen molar-refractivity contribution in [2.75, 3.05) is 12.4 Å². The average molecular weight is 571 g/mol. The van der Waals surface area contributed by atoms with Crippen molar-refractivity contribution >= 4 is 40.8 Å². The van der Waals surface area contributed by atoms with Gasteiger partial charge in [-0.25, -0.2) is 0 Å². The first-order valence-electron chi connectivity index (χ1n) is 13.3. The second kappa shape index (κ2) is 24.7. The number of benzene rings is 2. The van der Waals surface area contributed by atoms with Crippen molar-refractivity contribution in [3.63, 3.8) is 0 Å². The van der Waals surface area contributed by atoms with Crippen LogP contribution in [0.2, 0.25) is 0 Å². The zero-order valence-electron chi connectivity index (χ0n) is 24.0. The van der Waals surface area contributed by atoms with E-state index in [1.165, 1.54) is 5.57 Å². The minimum Gasteiger partial charge on any atom is -0.343 e. The van der Waals surface area contributed by atoms with Crippen LogP contribution >= 0.6 is 11.8 Å². The Kier molecular flexibility index (Phi) is 23.9. The number of hydrogen-bond donors (Lipinski definition) is 4. The fourth-order valence-electron chi connectivity index (χ4n) is 3.28. The summed E-state index contributed by atoms with van der Waals surface area (Å²) in [5.74, 6) is 0.243. The second-order valence-corrected chi connectivity index (χ2v) is 9.22. The Balaban J connectivity index is 0. The fourth-order valence-corrected chi connectivity index (χ4v) is 3.89. The topological polar surface area (TPSA) is 113 Å². The number of fused-ring (bicyclic) bond motifs is 1. The summed E-state index contributed by atoms with van der Waals surface area (Å²) in [6, 6.07) is 12.2. The van der Waals surface area contributed by atoms with Crippen molar-refractivity contribution in [3.05, 3.63) is 83.8 Å². The Hall–Kier alpha value is -3.36. The molecule has 2 aromatic rings. The number of carbonyl (C=O) groups is 3. The molecule has 1 unspecified atom stereocenters. The minimum absolute atomic E-state index is 0. The van der Waals surface area contributed by atoms with Gasteiger partial charge in [0.05, 0.1) is 12.7 Å². The molecule has 0 saturated heterocycles. The first-order valence-corrected chi connectivity index (χ1v) is 14.4. The summed E-state index contributed by atoms with van der Waals surface area (Å²) in [7, 11) is 0. The maximum absolute atomic E-state index is 12.5. The van der Waals surface area contributed by atoms with Crippen LogP contribution in [0.4, 0.5) is 0 Å². The Bertz CT molecular complexity index is 1060. The number of nitrogens with two attached hydrogens (primary N) is 1. The van der Waals surface area contributed by atoms with Gasteiger partial charge in [-0.15, -0.1) is 18.3 Å². The van der Waals surface area contributed by atoms with Crippen molar-refractivity contribution in [3.8, 4) is 0 Å². The molecule has 0 bridgehead atoms. The summed E-state index contributed by atoms with van der Waals surface area (Å²) >= 11 is 1.80. The van der Waals surface area contributed by atoms with E-state index in [1.54, 1.807) is 18.7 Å². The molecule has 0 aliphatic heterocycles. The molecule has 3 amide bonds. The third-order valence-electron chi connectivity index (χ3n) is 5.34. The predicted molar refractivity (Wildman–Crippen MR) is 174 cm³/mol. The average Bonchev–Trinajstić information content (AvgIpc) is 2.97. The molecule has 5 N–H and O–H groups in total. The molecule has 2 aromatic carbocycles. The third kappa shape index (κ3) is 15.9. The van der Waals surface area contributed by atoms with E-state index in [9.17, 15) is 14.4 Å². The number of carbonyl (C=O) groups excluding carboxylic acids is 3. The summed E-state index contributed by atoms with van der Waals surface area (Å²) in [6.45, 7) is 13.6. The summed E-state index contributed by atoms with van der Waals surface area (Å²) in [5, 5.41) is 11.9. The van der Waals surface area contributed by atoms with Gasteiger partial charge in [-0.3, -0.25) is 14.4 Å². The van der Waals surface area contributed by atoms with E-state index < -0.39 is 12.1 Å². The monoisotopic (exact) mass is 570 g/mol. The summed E-state index contributed by atoms with van der Waals surface area (Å²) in [6.07, 6.45) is 8.52. The van der Waals surface area contributed by atoms with Gasteiger partial charge >= 0.3 is 0 Å². The van der Waals surface area contributed by atoms with Crippen molar-refractivity contribution in [2.45, 2.75) is 73.4 Å². The van der Waals surface area contributed by atoms with Crippen molar-refractivity contribution < 1.29 is 14.4 Å². The minimum atomic E-state index is -0.792. The summed E-state index contributed by atoms with van der Waals surface area (Å²) in [4.78, 5) is 35.0. The van der Waals surface area contributed by atoms with E-state index in [0.29, 0.717) is 19.3 Å². The maximum atomic E-state index is 12.5. The van der Waals surface area contributed by atoms with Crippen molar-refractivity contribution in [1.82, 2.24) is 16.0 Å². The van der Waals surface area contributed by atoms with Crippen LogP contribution in [0.25, 0.3) is 10.8 Å². The predicted octanol–water partition coefficient (Wildman–Crippen LogP) is 5.86. The lowest BCUT2D eigenvalue weighted by molar-refractivity contribution is -0.129. The fraction of sp³-hybridized carbons (Fsp3) is 0.406. The van der Waals surface area contributed by atoms with Crippen molar-refractivity contribution in [2.24, 2.45) is 5.73 Å². The zero-order valence-corrected chi connectivity index (χ0v) is 24.9. The van der Waals surface area contributed by atoms with Crippen LogP contribution in [0.5, 0.6) is 0 Å². The molecule has 0 heterocycles. The normalized spacial score (nSPS) is 11.9. The molecule has 40 heavy (non-hydrogen) atoms. The first kappa shape index (κ1) is 38.8. The van der Waals surface area contributed by atoms with Crippen LogP contribution in [0.1, 0.15) is 60.5 Å². The maximum Gasteiger partial charge on any atom is 0.244 e. The van der Waals surface area contributed by atoms with Crippen LogP contribution in [0.3, 0.4) is 0 Å². The van der Waals surface area contributed by atoms with Crippen molar-refractivity contribution in [1.29, 1.82) is 0 Å². The quantitative estimate of drug-likeness (QED) is 0.0983. The highest BCUT2D eigenvalue weighted by Crippen LogP contribution is 2.20. The van der Waals surface area contributed by atoms with Gasteiger partial charge in [0.15, 0.2) is 0 Å². The summed E-state index contributed by atoms with van der Waals surface area (Å²) in [5.41, 5.74) is 8.12. The molecule has 8 heteroatoms. The van der Waals surface area contributed by atoms with E-state index in [0.717, 1.165) is 28.5 Å². The highest BCUT2D eigenvalue weighted by atomic mass is 32.2. The van der Waals surface area contributed by atoms with Gasteiger partial charge in [0, 0.05) is 12.2 Å². The smallest absolute Gasteiger partial charge is 0.244 e. The Labute approximate surface area is 246 Å². The standard InChI is InChI=1S/C19H24N4O3.C10H16S.C2H6.CH4/c1-2-16(20)18(25)23-17(19(26)22-11-21-12-24)10-14-8-5-7-13-6-3-4-9-15(13)14;1-4-6-7-10(3)9-11-8-5-2;1-2;/h3-9,12,16-17H,2,10-11,20H2,1H3,(H,21,24)(H,22,26)(H,23,25);4-6,9H,2,7-8H2,1,3H3;1-2H3;1H4/b;6-4-,10-9-;;/t16?,17-;;;/m1.../s1. The molecule has 2 atom stereocenters. The van der Waals surface area contributed by atoms with Gasteiger partial charge < -0.3 is 21.7 Å². The Morgan fingerprint density at radius 2 is 1.77 bits per heavy atom. The molecule has 0 spiro atoms. The highest BCUT2D eigenvalue weighted by Gasteiger charge is 2.24. The van der Waals surface area contributed by atoms with Crippen LogP contribution in [-0.2, 0) is 20.8 Å². The van der Waals surface area contributed by atoms with Crippen LogP contribution in [0.15, 0.2) is 78.3 Å². The largest absolute Gasteiger partial charge is 0.343 e. The number of amides is 3. The van der Waals surface area contributed by atoms with E-state index in [4.69, 9.17) is 5.73 Å². The number of nitrogens with one attached hydrogen (secondary N) is 3. The van der Waals surface area contributed by atoms with E-state index in [2.05, 4.69) is 47.0 Å². The molecule has 7 nitrogen and oxygen atoms in total. The lowest BCUT2D eigenvalue weighted by atomic mass is 9.98. The molecule has 2 rings (SSSR count). The van der Waals surface area contributed by atoms with Gasteiger partial charge in [0.2, 0.25) is 18.2 Å². The number of thioether (sulfide) groups is 1. The van der Waals surface area contributed by atoms with Gasteiger partial charge in [-0.2, -0.15) is 0 Å². The third-order valence-corrected chi connectivity index (χ3v) is 6.33. The zero-order chi connectivity index (χ0) is 29.5. The molecular formula is C32H50N4O3S. The lowest BCUT2D eigenvalue weighted by Gasteiger charge is -2.21. The molecule has 0 aliphatic carbocycles. The van der Waals surface area contributed by atoms with E-state index >= 15 is 0 Å². The number of allylic oxidation sites excluding steroid dienone is 3. The molecule has 0 saturated carbocycles. The van der Waals surface area contributed by atoms with Gasteiger partial charge in [0.25, 0.3) is 0 Å². The van der Waals surface area contributed by atoms with Gasteiger partial charge in [-0.05, 0) is 48.4 Å². The highest BCUT2D eigenvalue weighted by molar-refractivity contribution is 8.02.